The SMILES string of the molecule is Cc1cc2c(SCC(=O)c3ccc(Cl)cc3)ncnc2s1. The minimum atomic E-state index is 0.0652. The Labute approximate surface area is 135 Å². The molecule has 0 aliphatic rings. The second kappa shape index (κ2) is 6.13. The molecule has 3 rings (SSSR count). The molecule has 2 aromatic heterocycles. The number of carbonyl (C=O) groups is 1. The van der Waals surface area contributed by atoms with Gasteiger partial charge in [-0.2, -0.15) is 0 Å². The van der Waals surface area contributed by atoms with Gasteiger partial charge in [0.15, 0.2) is 5.78 Å². The largest absolute Gasteiger partial charge is 0.293 e. The van der Waals surface area contributed by atoms with Gasteiger partial charge in [0.1, 0.15) is 16.2 Å². The summed E-state index contributed by atoms with van der Waals surface area (Å²) in [7, 11) is 0. The van der Waals surface area contributed by atoms with Crippen LogP contribution in [-0.2, 0) is 0 Å². The molecular weight excluding hydrogens is 324 g/mol. The van der Waals surface area contributed by atoms with E-state index in [1.54, 1.807) is 41.9 Å². The molecule has 0 fully saturated rings. The van der Waals surface area contributed by atoms with Crippen LogP contribution in [0.1, 0.15) is 15.2 Å². The highest BCUT2D eigenvalue weighted by Gasteiger charge is 2.11. The highest BCUT2D eigenvalue weighted by atomic mass is 35.5. The average Bonchev–Trinajstić information content (AvgIpc) is 2.86. The minimum absolute atomic E-state index is 0.0652. The number of Topliss-reactive ketones (excluding diaryl/α,β-unsaturated/α-hetero) is 1. The van der Waals surface area contributed by atoms with Crippen LogP contribution in [0.2, 0.25) is 5.02 Å². The zero-order chi connectivity index (χ0) is 14.8. The predicted molar refractivity (Wildman–Crippen MR) is 88.7 cm³/mol. The number of hydrogen-bond donors (Lipinski definition) is 0. The Morgan fingerprint density at radius 2 is 2.05 bits per heavy atom. The van der Waals surface area contributed by atoms with E-state index in [2.05, 4.69) is 16.0 Å². The summed E-state index contributed by atoms with van der Waals surface area (Å²) in [4.78, 5) is 22.9. The fraction of sp³-hybridized carbons (Fsp3) is 0.133. The number of nitrogens with zero attached hydrogens (tertiary/aromatic N) is 2. The number of halogens is 1. The average molecular weight is 335 g/mol. The fourth-order valence-electron chi connectivity index (χ4n) is 1.92. The number of ketones is 1. The van der Waals surface area contributed by atoms with Crippen LogP contribution in [0.15, 0.2) is 41.7 Å². The van der Waals surface area contributed by atoms with Gasteiger partial charge < -0.3 is 0 Å². The summed E-state index contributed by atoms with van der Waals surface area (Å²) in [6, 6.07) is 9.01. The summed E-state index contributed by atoms with van der Waals surface area (Å²) in [5, 5.41) is 2.51. The molecule has 3 aromatic rings. The maximum absolute atomic E-state index is 12.2. The van der Waals surface area contributed by atoms with E-state index in [9.17, 15) is 4.79 Å². The molecule has 0 N–H and O–H groups in total. The van der Waals surface area contributed by atoms with Gasteiger partial charge in [-0.1, -0.05) is 23.4 Å². The number of carbonyl (C=O) groups excluding carboxylic acids is 1. The number of aromatic nitrogens is 2. The van der Waals surface area contributed by atoms with E-state index in [0.29, 0.717) is 16.3 Å². The van der Waals surface area contributed by atoms with Crippen LogP contribution in [-0.4, -0.2) is 21.5 Å². The smallest absolute Gasteiger partial charge is 0.173 e. The van der Waals surface area contributed by atoms with Crippen molar-refractivity contribution in [1.82, 2.24) is 9.97 Å². The molecule has 1 aromatic carbocycles. The van der Waals surface area contributed by atoms with Gasteiger partial charge in [0.25, 0.3) is 0 Å². The van der Waals surface area contributed by atoms with Crippen molar-refractivity contribution in [3.05, 3.63) is 52.1 Å². The Morgan fingerprint density at radius 3 is 2.81 bits per heavy atom. The molecule has 0 bridgehead atoms. The van der Waals surface area contributed by atoms with Crippen LogP contribution in [0.4, 0.5) is 0 Å². The Balaban J connectivity index is 1.77. The van der Waals surface area contributed by atoms with Gasteiger partial charge in [-0.05, 0) is 37.3 Å². The van der Waals surface area contributed by atoms with Crippen molar-refractivity contribution in [3.8, 4) is 0 Å². The molecule has 0 saturated carbocycles. The van der Waals surface area contributed by atoms with Crippen molar-refractivity contribution >= 4 is 50.7 Å². The summed E-state index contributed by atoms with van der Waals surface area (Å²) < 4.78 is 0. The quantitative estimate of drug-likeness (QED) is 0.396. The Morgan fingerprint density at radius 1 is 1.29 bits per heavy atom. The fourth-order valence-corrected chi connectivity index (χ4v) is 3.83. The number of fused-ring (bicyclic) bond motifs is 1. The molecule has 0 radical (unpaired) electrons. The molecule has 3 nitrogen and oxygen atoms in total. The Bertz CT molecular complexity index is 799. The predicted octanol–water partition coefficient (Wildman–Crippen LogP) is 4.63. The number of thiophene rings is 1. The van der Waals surface area contributed by atoms with Gasteiger partial charge in [-0.15, -0.1) is 11.3 Å². The molecular formula is C15H11ClN2OS2. The van der Waals surface area contributed by atoms with Crippen LogP contribution in [0.5, 0.6) is 0 Å². The van der Waals surface area contributed by atoms with Crippen molar-refractivity contribution in [2.24, 2.45) is 0 Å². The number of aryl methyl sites for hydroxylation is 1. The van der Waals surface area contributed by atoms with Crippen molar-refractivity contribution in [2.45, 2.75) is 11.9 Å². The second-order valence-electron chi connectivity index (χ2n) is 4.47. The van der Waals surface area contributed by atoms with E-state index in [1.165, 1.54) is 16.6 Å². The van der Waals surface area contributed by atoms with Gasteiger partial charge >= 0.3 is 0 Å². The van der Waals surface area contributed by atoms with Crippen LogP contribution < -0.4 is 0 Å². The van der Waals surface area contributed by atoms with Gasteiger partial charge in [0, 0.05) is 20.8 Å². The lowest BCUT2D eigenvalue weighted by molar-refractivity contribution is 0.102. The lowest BCUT2D eigenvalue weighted by Gasteiger charge is -2.02. The molecule has 0 amide bonds. The molecule has 0 atom stereocenters. The molecule has 0 aliphatic carbocycles. The zero-order valence-corrected chi connectivity index (χ0v) is 13.6. The van der Waals surface area contributed by atoms with E-state index in [0.717, 1.165) is 15.2 Å². The van der Waals surface area contributed by atoms with Crippen LogP contribution >= 0.6 is 34.7 Å². The van der Waals surface area contributed by atoms with Gasteiger partial charge in [-0.25, -0.2) is 9.97 Å². The second-order valence-corrected chi connectivity index (χ2v) is 7.11. The summed E-state index contributed by atoms with van der Waals surface area (Å²) >= 11 is 8.90. The monoisotopic (exact) mass is 334 g/mol. The van der Waals surface area contributed by atoms with Gasteiger partial charge in [0.2, 0.25) is 0 Å². The number of rotatable bonds is 4. The third kappa shape index (κ3) is 3.26. The number of thioether (sulfide) groups is 1. The van der Waals surface area contributed by atoms with Crippen LogP contribution in [0, 0.1) is 6.92 Å². The van der Waals surface area contributed by atoms with Crippen molar-refractivity contribution in [2.75, 3.05) is 5.75 Å². The van der Waals surface area contributed by atoms with E-state index < -0.39 is 0 Å². The first-order chi connectivity index (χ1) is 10.1. The Hall–Kier alpha value is -1.43. The van der Waals surface area contributed by atoms with Crippen LogP contribution in [0.3, 0.4) is 0 Å². The normalized spacial score (nSPS) is 11.0. The maximum Gasteiger partial charge on any atom is 0.173 e. The molecule has 2 heterocycles. The topological polar surface area (TPSA) is 42.9 Å². The first kappa shape index (κ1) is 14.5. The van der Waals surface area contributed by atoms with Gasteiger partial charge in [0.05, 0.1) is 5.75 Å². The first-order valence-electron chi connectivity index (χ1n) is 6.26. The third-order valence-corrected chi connectivity index (χ3v) is 5.14. The summed E-state index contributed by atoms with van der Waals surface area (Å²) in [6.45, 7) is 2.04. The standard InChI is InChI=1S/C15H11ClN2OS2/c1-9-6-12-14(17-8-18-15(12)21-9)20-7-13(19)10-2-4-11(16)5-3-10/h2-6,8H,7H2,1H3. The summed E-state index contributed by atoms with van der Waals surface area (Å²) in [5.41, 5.74) is 0.665. The molecule has 6 heteroatoms. The van der Waals surface area contributed by atoms with Crippen molar-refractivity contribution in [3.63, 3.8) is 0 Å². The molecule has 106 valence electrons. The molecule has 0 aliphatic heterocycles. The minimum Gasteiger partial charge on any atom is -0.293 e. The number of hydrogen-bond acceptors (Lipinski definition) is 5. The van der Waals surface area contributed by atoms with Crippen molar-refractivity contribution in [1.29, 1.82) is 0 Å². The lowest BCUT2D eigenvalue weighted by Crippen LogP contribution is -2.02. The zero-order valence-electron chi connectivity index (χ0n) is 11.2. The van der Waals surface area contributed by atoms with E-state index in [1.807, 2.05) is 6.92 Å². The number of benzene rings is 1. The van der Waals surface area contributed by atoms with E-state index in [4.69, 9.17) is 11.6 Å². The molecule has 0 unspecified atom stereocenters. The van der Waals surface area contributed by atoms with E-state index >= 15 is 0 Å². The van der Waals surface area contributed by atoms with Crippen molar-refractivity contribution < 1.29 is 4.79 Å². The highest BCUT2D eigenvalue weighted by molar-refractivity contribution is 8.00. The maximum atomic E-state index is 12.2. The van der Waals surface area contributed by atoms with E-state index in [-0.39, 0.29) is 5.78 Å². The molecule has 21 heavy (non-hydrogen) atoms. The third-order valence-electron chi connectivity index (χ3n) is 2.92. The first-order valence-corrected chi connectivity index (χ1v) is 8.44. The van der Waals surface area contributed by atoms with Gasteiger partial charge in [-0.3, -0.25) is 4.79 Å². The lowest BCUT2D eigenvalue weighted by atomic mass is 10.1. The summed E-state index contributed by atoms with van der Waals surface area (Å²) in [5.74, 6) is 0.415. The summed E-state index contributed by atoms with van der Waals surface area (Å²) in [6.07, 6.45) is 1.55. The van der Waals surface area contributed by atoms with Crippen LogP contribution in [0.25, 0.3) is 10.2 Å². The highest BCUT2D eigenvalue weighted by Crippen LogP contribution is 2.30. The Kier molecular flexibility index (Phi) is 4.24. The molecule has 0 saturated heterocycles. The molecule has 0 spiro atoms.